The highest BCUT2D eigenvalue weighted by molar-refractivity contribution is 5.76. The summed E-state index contributed by atoms with van der Waals surface area (Å²) in [5.74, 6) is 0.922. The summed E-state index contributed by atoms with van der Waals surface area (Å²) in [5, 5.41) is 12.6. The van der Waals surface area contributed by atoms with Gasteiger partial charge in [0.15, 0.2) is 0 Å². The lowest BCUT2D eigenvalue weighted by molar-refractivity contribution is -0.123. The van der Waals surface area contributed by atoms with Crippen LogP contribution in [0.5, 0.6) is 5.75 Å². The average Bonchev–Trinajstić information content (AvgIpc) is 2.59. The highest BCUT2D eigenvalue weighted by Gasteiger charge is 2.36. The van der Waals surface area contributed by atoms with Gasteiger partial charge in [0.25, 0.3) is 0 Å². The van der Waals surface area contributed by atoms with E-state index in [4.69, 9.17) is 4.74 Å². The van der Waals surface area contributed by atoms with Crippen LogP contribution in [0.4, 0.5) is 0 Å². The number of carbonyl (C=O) groups is 1. The van der Waals surface area contributed by atoms with Crippen LogP contribution in [-0.2, 0) is 4.79 Å². The first-order valence-corrected chi connectivity index (χ1v) is 8.28. The topological polar surface area (TPSA) is 71.5 Å². The number of nitrogens with one attached hydrogen (secondary N) is 1. The molecule has 2 aromatic rings. The van der Waals surface area contributed by atoms with Crippen molar-refractivity contribution in [3.05, 3.63) is 60.4 Å². The molecule has 5 nitrogen and oxygen atoms in total. The number of aromatic nitrogens is 1. The largest absolute Gasteiger partial charge is 0.493 e. The van der Waals surface area contributed by atoms with Gasteiger partial charge in [0, 0.05) is 6.20 Å². The van der Waals surface area contributed by atoms with Crippen LogP contribution in [0, 0.1) is 5.92 Å². The Morgan fingerprint density at radius 1 is 1.21 bits per heavy atom. The van der Waals surface area contributed by atoms with E-state index < -0.39 is 0 Å². The molecular weight excluding hydrogens is 304 g/mol. The van der Waals surface area contributed by atoms with Crippen molar-refractivity contribution < 1.29 is 14.6 Å². The number of hydrogen-bond donors (Lipinski definition) is 2. The van der Waals surface area contributed by atoms with Gasteiger partial charge in [-0.25, -0.2) is 0 Å². The summed E-state index contributed by atoms with van der Waals surface area (Å²) in [5.41, 5.74) is 0.840. The monoisotopic (exact) mass is 326 g/mol. The number of aliphatic hydroxyl groups excluding tert-OH is 1. The predicted octanol–water partition coefficient (Wildman–Crippen LogP) is 2.48. The molecule has 3 rings (SSSR count). The minimum Gasteiger partial charge on any atom is -0.493 e. The Balaban J connectivity index is 1.53. The molecule has 5 heteroatoms. The number of carbonyl (C=O) groups excluding carboxylic acids is 1. The Bertz CT molecular complexity index is 642. The highest BCUT2D eigenvalue weighted by Crippen LogP contribution is 2.37. The zero-order chi connectivity index (χ0) is 16.8. The molecule has 0 aliphatic heterocycles. The SMILES string of the molecule is O=C(CCOc1ccccc1)N[C@@H](c1ccccn1)C1CC(O)C1. The Morgan fingerprint density at radius 2 is 1.96 bits per heavy atom. The maximum Gasteiger partial charge on any atom is 0.223 e. The molecule has 0 radical (unpaired) electrons. The second kappa shape index (κ2) is 7.93. The molecule has 1 aromatic carbocycles. The molecule has 24 heavy (non-hydrogen) atoms. The van der Waals surface area contributed by atoms with Gasteiger partial charge in [-0.15, -0.1) is 0 Å². The van der Waals surface area contributed by atoms with Crippen molar-refractivity contribution in [2.45, 2.75) is 31.4 Å². The van der Waals surface area contributed by atoms with E-state index in [1.165, 1.54) is 0 Å². The van der Waals surface area contributed by atoms with Crippen LogP contribution < -0.4 is 10.1 Å². The summed E-state index contributed by atoms with van der Waals surface area (Å²) in [6.07, 6.45) is 3.14. The van der Waals surface area contributed by atoms with Gasteiger partial charge < -0.3 is 15.2 Å². The molecular formula is C19H22N2O3. The van der Waals surface area contributed by atoms with Crippen molar-refractivity contribution >= 4 is 5.91 Å². The van der Waals surface area contributed by atoms with Crippen molar-refractivity contribution in [3.63, 3.8) is 0 Å². The first-order chi connectivity index (χ1) is 11.7. The molecule has 1 aromatic heterocycles. The minimum absolute atomic E-state index is 0.0667. The van der Waals surface area contributed by atoms with Crippen molar-refractivity contribution in [3.8, 4) is 5.75 Å². The number of pyridine rings is 1. The molecule has 1 saturated carbocycles. The summed E-state index contributed by atoms with van der Waals surface area (Å²) in [4.78, 5) is 16.6. The Labute approximate surface area is 141 Å². The maximum atomic E-state index is 12.3. The van der Waals surface area contributed by atoms with Crippen molar-refractivity contribution in [2.75, 3.05) is 6.61 Å². The number of hydrogen-bond acceptors (Lipinski definition) is 4. The molecule has 1 atom stereocenters. The third-order valence-electron chi connectivity index (χ3n) is 4.29. The normalized spacial score (nSPS) is 20.7. The quantitative estimate of drug-likeness (QED) is 0.820. The fourth-order valence-electron chi connectivity index (χ4n) is 2.92. The van der Waals surface area contributed by atoms with E-state index in [1.807, 2.05) is 48.5 Å². The first kappa shape index (κ1) is 16.5. The van der Waals surface area contributed by atoms with Crippen LogP contribution in [0.1, 0.15) is 31.0 Å². The van der Waals surface area contributed by atoms with Crippen LogP contribution in [0.3, 0.4) is 0 Å². The standard InChI is InChI=1S/C19H22N2O3/c22-15-12-14(13-15)19(17-8-4-5-10-20-17)21-18(23)9-11-24-16-6-2-1-3-7-16/h1-8,10,14-15,19,22H,9,11-13H2,(H,21,23)/t14?,15?,19-/m1/s1. The van der Waals surface area contributed by atoms with E-state index in [9.17, 15) is 9.90 Å². The zero-order valence-electron chi connectivity index (χ0n) is 13.5. The van der Waals surface area contributed by atoms with Crippen molar-refractivity contribution in [2.24, 2.45) is 5.92 Å². The number of ether oxygens (including phenoxy) is 1. The number of amides is 1. The lowest BCUT2D eigenvalue weighted by Gasteiger charge is -2.37. The van der Waals surface area contributed by atoms with E-state index in [2.05, 4.69) is 10.3 Å². The lowest BCUT2D eigenvalue weighted by Crippen LogP contribution is -2.42. The van der Waals surface area contributed by atoms with Gasteiger partial charge in [0.2, 0.25) is 5.91 Å². The van der Waals surface area contributed by atoms with Crippen molar-refractivity contribution in [1.29, 1.82) is 0 Å². The second-order valence-corrected chi connectivity index (χ2v) is 6.10. The molecule has 0 bridgehead atoms. The fraction of sp³-hybridized carbons (Fsp3) is 0.368. The molecule has 1 fully saturated rings. The van der Waals surface area contributed by atoms with Gasteiger partial charge in [-0.1, -0.05) is 24.3 Å². The summed E-state index contributed by atoms with van der Waals surface area (Å²) in [7, 11) is 0. The van der Waals surface area contributed by atoms with Gasteiger partial charge in [-0.05, 0) is 43.0 Å². The second-order valence-electron chi connectivity index (χ2n) is 6.10. The molecule has 1 aliphatic carbocycles. The van der Waals surface area contributed by atoms with Crippen LogP contribution in [0.15, 0.2) is 54.7 Å². The molecule has 1 amide bonds. The third-order valence-corrected chi connectivity index (χ3v) is 4.29. The maximum absolute atomic E-state index is 12.3. The Morgan fingerprint density at radius 3 is 2.62 bits per heavy atom. The lowest BCUT2D eigenvalue weighted by atomic mass is 9.76. The number of para-hydroxylation sites is 1. The fourth-order valence-corrected chi connectivity index (χ4v) is 2.92. The third kappa shape index (κ3) is 4.32. The highest BCUT2D eigenvalue weighted by atomic mass is 16.5. The van der Waals surface area contributed by atoms with Gasteiger partial charge >= 0.3 is 0 Å². The van der Waals surface area contributed by atoms with Crippen LogP contribution in [0.2, 0.25) is 0 Å². The molecule has 0 unspecified atom stereocenters. The summed E-state index contributed by atoms with van der Waals surface area (Å²) >= 11 is 0. The predicted molar refractivity (Wildman–Crippen MR) is 90.4 cm³/mol. The Kier molecular flexibility index (Phi) is 5.43. The molecule has 1 aliphatic rings. The van der Waals surface area contributed by atoms with Crippen LogP contribution >= 0.6 is 0 Å². The first-order valence-electron chi connectivity index (χ1n) is 8.28. The summed E-state index contributed by atoms with van der Waals surface area (Å²) in [6.45, 7) is 0.331. The van der Waals surface area contributed by atoms with Gasteiger partial charge in [-0.3, -0.25) is 9.78 Å². The van der Waals surface area contributed by atoms with E-state index in [-0.39, 0.29) is 30.4 Å². The zero-order valence-corrected chi connectivity index (χ0v) is 13.5. The van der Waals surface area contributed by atoms with Crippen molar-refractivity contribution in [1.82, 2.24) is 10.3 Å². The minimum atomic E-state index is -0.264. The number of benzene rings is 1. The molecule has 0 saturated heterocycles. The molecule has 2 N–H and O–H groups in total. The average molecular weight is 326 g/mol. The number of nitrogens with zero attached hydrogens (tertiary/aromatic N) is 1. The van der Waals surface area contributed by atoms with Crippen LogP contribution in [0.25, 0.3) is 0 Å². The Hall–Kier alpha value is -2.40. The van der Waals surface area contributed by atoms with Crippen LogP contribution in [-0.4, -0.2) is 28.7 Å². The summed E-state index contributed by atoms with van der Waals surface area (Å²) in [6, 6.07) is 15.0. The molecule has 0 spiro atoms. The van der Waals surface area contributed by atoms with Gasteiger partial charge in [0.1, 0.15) is 5.75 Å². The van der Waals surface area contributed by atoms with Gasteiger partial charge in [0.05, 0.1) is 30.9 Å². The summed E-state index contributed by atoms with van der Waals surface area (Å²) < 4.78 is 5.57. The smallest absolute Gasteiger partial charge is 0.223 e. The van der Waals surface area contributed by atoms with E-state index in [0.717, 1.165) is 11.4 Å². The molecule has 1 heterocycles. The van der Waals surface area contributed by atoms with E-state index in [1.54, 1.807) is 6.20 Å². The number of aliphatic hydroxyl groups is 1. The number of rotatable bonds is 7. The molecule has 126 valence electrons. The van der Waals surface area contributed by atoms with E-state index >= 15 is 0 Å². The van der Waals surface area contributed by atoms with E-state index in [0.29, 0.717) is 19.4 Å². The van der Waals surface area contributed by atoms with Gasteiger partial charge in [-0.2, -0.15) is 0 Å².